The Morgan fingerprint density at radius 2 is 1.96 bits per heavy atom. The van der Waals surface area contributed by atoms with Crippen LogP contribution in [0, 0.1) is 10.1 Å². The van der Waals surface area contributed by atoms with Gasteiger partial charge in [0.25, 0.3) is 11.6 Å². The fraction of sp³-hybridized carbons (Fsp3) is 0.235. The fourth-order valence-corrected chi connectivity index (χ4v) is 2.70. The van der Waals surface area contributed by atoms with Crippen LogP contribution in [0.5, 0.6) is 0 Å². The van der Waals surface area contributed by atoms with E-state index in [0.29, 0.717) is 16.5 Å². The third-order valence-electron chi connectivity index (χ3n) is 3.45. The summed E-state index contributed by atoms with van der Waals surface area (Å²) in [5.74, 6) is -0.00420. The van der Waals surface area contributed by atoms with Gasteiger partial charge in [0.2, 0.25) is 0 Å². The Morgan fingerprint density at radius 3 is 2.57 bits per heavy atom. The summed E-state index contributed by atoms with van der Waals surface area (Å²) in [6.45, 7) is 4.15. The molecule has 23 heavy (non-hydrogen) atoms. The highest BCUT2D eigenvalue weighted by molar-refractivity contribution is 7.98. The van der Waals surface area contributed by atoms with Crippen LogP contribution in [0.25, 0.3) is 0 Å². The van der Waals surface area contributed by atoms with Gasteiger partial charge >= 0.3 is 0 Å². The number of thioether (sulfide) groups is 1. The first kappa shape index (κ1) is 17.0. The van der Waals surface area contributed by atoms with Crippen molar-refractivity contribution in [1.82, 2.24) is 0 Å². The number of nitro benzene ring substituents is 1. The van der Waals surface area contributed by atoms with Gasteiger partial charge in [-0.1, -0.05) is 26.0 Å². The van der Waals surface area contributed by atoms with Gasteiger partial charge in [0.1, 0.15) is 0 Å². The monoisotopic (exact) mass is 330 g/mol. The second kappa shape index (κ2) is 7.28. The highest BCUT2D eigenvalue weighted by atomic mass is 32.2. The zero-order chi connectivity index (χ0) is 17.0. The molecule has 2 aromatic rings. The Morgan fingerprint density at radius 1 is 1.22 bits per heavy atom. The molecule has 0 aromatic heterocycles. The van der Waals surface area contributed by atoms with E-state index in [4.69, 9.17) is 0 Å². The summed E-state index contributed by atoms with van der Waals surface area (Å²) < 4.78 is 0. The minimum atomic E-state index is -0.470. The molecule has 5 nitrogen and oxygen atoms in total. The van der Waals surface area contributed by atoms with Crippen molar-refractivity contribution >= 4 is 29.0 Å². The van der Waals surface area contributed by atoms with E-state index in [2.05, 4.69) is 19.2 Å². The van der Waals surface area contributed by atoms with Crippen LogP contribution in [-0.2, 0) is 0 Å². The molecule has 1 N–H and O–H groups in total. The standard InChI is InChI=1S/C17H18N2O3S/c1-11(2)12-5-4-6-14(9-12)18-17(20)13-7-8-16(23-3)15(10-13)19(21)22/h4-11H,1-3H3,(H,18,20). The van der Waals surface area contributed by atoms with Gasteiger partial charge in [-0.25, -0.2) is 0 Å². The maximum atomic E-state index is 12.3. The van der Waals surface area contributed by atoms with E-state index in [-0.39, 0.29) is 17.2 Å². The fourth-order valence-electron chi connectivity index (χ4n) is 2.15. The molecule has 0 bridgehead atoms. The number of nitrogens with zero attached hydrogens (tertiary/aromatic N) is 1. The van der Waals surface area contributed by atoms with Crippen LogP contribution in [0.3, 0.4) is 0 Å². The molecule has 0 saturated heterocycles. The van der Waals surface area contributed by atoms with E-state index in [9.17, 15) is 14.9 Å². The third kappa shape index (κ3) is 4.10. The van der Waals surface area contributed by atoms with Crippen LogP contribution in [0.4, 0.5) is 11.4 Å². The van der Waals surface area contributed by atoms with E-state index in [1.165, 1.54) is 17.8 Å². The molecular formula is C17H18N2O3S. The van der Waals surface area contributed by atoms with Crippen molar-refractivity contribution < 1.29 is 9.72 Å². The van der Waals surface area contributed by atoms with E-state index in [1.807, 2.05) is 18.2 Å². The number of carbonyl (C=O) groups is 1. The minimum absolute atomic E-state index is 0.0546. The molecule has 0 heterocycles. The molecule has 0 unspecified atom stereocenters. The van der Waals surface area contributed by atoms with Gasteiger partial charge < -0.3 is 5.32 Å². The molecule has 120 valence electrons. The number of nitrogens with one attached hydrogen (secondary N) is 1. The van der Waals surface area contributed by atoms with Crippen LogP contribution in [-0.4, -0.2) is 17.1 Å². The van der Waals surface area contributed by atoms with Gasteiger partial charge in [-0.15, -0.1) is 11.8 Å². The summed E-state index contributed by atoms with van der Waals surface area (Å²) >= 11 is 1.28. The summed E-state index contributed by atoms with van der Waals surface area (Å²) in [6.07, 6.45) is 1.76. The van der Waals surface area contributed by atoms with Crippen LogP contribution in [0.15, 0.2) is 47.4 Å². The van der Waals surface area contributed by atoms with E-state index in [0.717, 1.165) is 5.56 Å². The molecule has 2 aromatic carbocycles. The molecule has 0 spiro atoms. The molecular weight excluding hydrogens is 312 g/mol. The number of anilines is 1. The van der Waals surface area contributed by atoms with Crippen molar-refractivity contribution in [2.75, 3.05) is 11.6 Å². The Labute approximate surface area is 139 Å². The van der Waals surface area contributed by atoms with Gasteiger partial charge in [-0.2, -0.15) is 0 Å². The number of hydrogen-bond donors (Lipinski definition) is 1. The Bertz CT molecular complexity index is 744. The highest BCUT2D eigenvalue weighted by Gasteiger charge is 2.17. The van der Waals surface area contributed by atoms with E-state index in [1.54, 1.807) is 24.5 Å². The zero-order valence-corrected chi connectivity index (χ0v) is 14.0. The van der Waals surface area contributed by atoms with Crippen molar-refractivity contribution in [2.24, 2.45) is 0 Å². The summed E-state index contributed by atoms with van der Waals surface area (Å²) in [7, 11) is 0. The number of hydrogen-bond acceptors (Lipinski definition) is 4. The van der Waals surface area contributed by atoms with Crippen molar-refractivity contribution in [2.45, 2.75) is 24.7 Å². The van der Waals surface area contributed by atoms with Gasteiger partial charge in [0.05, 0.1) is 9.82 Å². The predicted molar refractivity (Wildman–Crippen MR) is 93.4 cm³/mol. The summed E-state index contributed by atoms with van der Waals surface area (Å²) in [6, 6.07) is 12.1. The van der Waals surface area contributed by atoms with Crippen LogP contribution >= 0.6 is 11.8 Å². The first-order valence-corrected chi connectivity index (χ1v) is 8.38. The maximum Gasteiger partial charge on any atom is 0.283 e. The average Bonchev–Trinajstić information content (AvgIpc) is 2.54. The molecule has 0 aliphatic heterocycles. The summed E-state index contributed by atoms with van der Waals surface area (Å²) in [4.78, 5) is 23.5. The number of benzene rings is 2. The highest BCUT2D eigenvalue weighted by Crippen LogP contribution is 2.28. The lowest BCUT2D eigenvalue weighted by atomic mass is 10.0. The minimum Gasteiger partial charge on any atom is -0.322 e. The Kier molecular flexibility index (Phi) is 5.39. The van der Waals surface area contributed by atoms with Crippen LogP contribution < -0.4 is 5.32 Å². The van der Waals surface area contributed by atoms with Gasteiger partial charge in [0, 0.05) is 17.3 Å². The van der Waals surface area contributed by atoms with E-state index < -0.39 is 4.92 Å². The first-order chi connectivity index (χ1) is 10.9. The van der Waals surface area contributed by atoms with Crippen LogP contribution in [0.1, 0.15) is 35.7 Å². The second-order valence-electron chi connectivity index (χ2n) is 5.38. The lowest BCUT2D eigenvalue weighted by Crippen LogP contribution is -2.12. The quantitative estimate of drug-likeness (QED) is 0.490. The number of nitro groups is 1. The Balaban J connectivity index is 2.26. The molecule has 0 atom stereocenters. The van der Waals surface area contributed by atoms with Crippen molar-refractivity contribution in [3.8, 4) is 0 Å². The topological polar surface area (TPSA) is 72.2 Å². The molecule has 0 saturated carbocycles. The van der Waals surface area contributed by atoms with Crippen LogP contribution in [0.2, 0.25) is 0 Å². The van der Waals surface area contributed by atoms with Crippen molar-refractivity contribution in [3.05, 3.63) is 63.7 Å². The lowest BCUT2D eigenvalue weighted by Gasteiger charge is -2.10. The lowest BCUT2D eigenvalue weighted by molar-refractivity contribution is -0.387. The molecule has 0 aliphatic carbocycles. The van der Waals surface area contributed by atoms with E-state index >= 15 is 0 Å². The van der Waals surface area contributed by atoms with Crippen molar-refractivity contribution in [1.29, 1.82) is 0 Å². The first-order valence-electron chi connectivity index (χ1n) is 7.16. The molecule has 0 fully saturated rings. The SMILES string of the molecule is CSc1ccc(C(=O)Nc2cccc(C(C)C)c2)cc1[N+](=O)[O-]. The largest absolute Gasteiger partial charge is 0.322 e. The number of amides is 1. The van der Waals surface area contributed by atoms with Gasteiger partial charge in [0.15, 0.2) is 0 Å². The van der Waals surface area contributed by atoms with Gasteiger partial charge in [-0.3, -0.25) is 14.9 Å². The van der Waals surface area contributed by atoms with Gasteiger partial charge in [-0.05, 0) is 42.0 Å². The second-order valence-corrected chi connectivity index (χ2v) is 6.23. The molecule has 0 aliphatic rings. The number of rotatable bonds is 5. The maximum absolute atomic E-state index is 12.3. The molecule has 0 radical (unpaired) electrons. The zero-order valence-electron chi connectivity index (χ0n) is 13.2. The van der Waals surface area contributed by atoms with Crippen molar-refractivity contribution in [3.63, 3.8) is 0 Å². The predicted octanol–water partition coefficient (Wildman–Crippen LogP) is 4.69. The Hall–Kier alpha value is -2.34. The third-order valence-corrected chi connectivity index (χ3v) is 4.23. The molecule has 2 rings (SSSR count). The average molecular weight is 330 g/mol. The summed E-state index contributed by atoms with van der Waals surface area (Å²) in [5.41, 5.74) is 2.01. The normalized spacial score (nSPS) is 10.6. The molecule has 1 amide bonds. The number of carbonyl (C=O) groups excluding carboxylic acids is 1. The summed E-state index contributed by atoms with van der Waals surface area (Å²) in [5, 5.41) is 13.9. The molecule has 6 heteroatoms. The smallest absolute Gasteiger partial charge is 0.283 e.